The average Bonchev–Trinajstić information content (AvgIpc) is 2.41. The highest BCUT2D eigenvalue weighted by atomic mass is 79.9. The van der Waals surface area contributed by atoms with Gasteiger partial charge in [0, 0.05) is 10.0 Å². The number of aliphatic hydroxyl groups is 1. The second-order valence-corrected chi connectivity index (χ2v) is 5.13. The van der Waals surface area contributed by atoms with Crippen LogP contribution in [0, 0.1) is 17.1 Å². The van der Waals surface area contributed by atoms with Crippen molar-refractivity contribution in [3.8, 4) is 17.6 Å². The molecule has 5 heteroatoms. The molecule has 0 aromatic heterocycles. The topological polar surface area (TPSA) is 53.2 Å². The minimum Gasteiger partial charge on any atom is -0.454 e. The summed E-state index contributed by atoms with van der Waals surface area (Å²) in [6, 6.07) is 11.0. The molecule has 0 saturated heterocycles. The largest absolute Gasteiger partial charge is 0.454 e. The summed E-state index contributed by atoms with van der Waals surface area (Å²) in [5, 5.41) is 18.6. The first-order chi connectivity index (χ1) is 9.51. The van der Waals surface area contributed by atoms with Crippen LogP contribution in [0.3, 0.4) is 0 Å². The van der Waals surface area contributed by atoms with Crippen LogP contribution in [-0.2, 0) is 0 Å². The molecule has 0 aliphatic heterocycles. The Kier molecular flexibility index (Phi) is 4.38. The minimum atomic E-state index is -0.781. The van der Waals surface area contributed by atoms with E-state index in [1.807, 2.05) is 6.07 Å². The highest BCUT2D eigenvalue weighted by molar-refractivity contribution is 9.10. The molecule has 0 bridgehead atoms. The summed E-state index contributed by atoms with van der Waals surface area (Å²) >= 11 is 3.16. The van der Waals surface area contributed by atoms with E-state index in [1.54, 1.807) is 25.1 Å². The van der Waals surface area contributed by atoms with Crippen molar-refractivity contribution in [3.63, 3.8) is 0 Å². The molecule has 1 N–H and O–H groups in total. The van der Waals surface area contributed by atoms with Crippen LogP contribution >= 0.6 is 15.9 Å². The first-order valence-corrected chi connectivity index (χ1v) is 6.65. The summed E-state index contributed by atoms with van der Waals surface area (Å²) in [6.45, 7) is 1.58. The summed E-state index contributed by atoms with van der Waals surface area (Å²) in [5.74, 6) is -0.233. The molecule has 102 valence electrons. The van der Waals surface area contributed by atoms with Crippen molar-refractivity contribution in [2.24, 2.45) is 0 Å². The smallest absolute Gasteiger partial charge is 0.166 e. The highest BCUT2D eigenvalue weighted by Gasteiger charge is 2.13. The Bertz CT molecular complexity index is 680. The minimum absolute atomic E-state index is 0.0326. The van der Waals surface area contributed by atoms with E-state index in [0.29, 0.717) is 15.6 Å². The first-order valence-electron chi connectivity index (χ1n) is 5.86. The molecule has 20 heavy (non-hydrogen) atoms. The lowest BCUT2D eigenvalue weighted by Crippen LogP contribution is -1.98. The van der Waals surface area contributed by atoms with Crippen LogP contribution < -0.4 is 4.74 Å². The van der Waals surface area contributed by atoms with E-state index in [9.17, 15) is 9.50 Å². The highest BCUT2D eigenvalue weighted by Crippen LogP contribution is 2.32. The molecule has 0 unspecified atom stereocenters. The summed E-state index contributed by atoms with van der Waals surface area (Å²) in [6.07, 6.45) is -0.781. The lowest BCUT2D eigenvalue weighted by molar-refractivity contribution is 0.195. The summed E-state index contributed by atoms with van der Waals surface area (Å²) in [7, 11) is 0. The summed E-state index contributed by atoms with van der Waals surface area (Å²) in [5.41, 5.74) is 0.869. The predicted molar refractivity (Wildman–Crippen MR) is 76.0 cm³/mol. The van der Waals surface area contributed by atoms with Crippen LogP contribution in [-0.4, -0.2) is 5.11 Å². The summed E-state index contributed by atoms with van der Waals surface area (Å²) in [4.78, 5) is 0. The van der Waals surface area contributed by atoms with Crippen molar-refractivity contribution >= 4 is 15.9 Å². The zero-order chi connectivity index (χ0) is 14.7. The van der Waals surface area contributed by atoms with Crippen LogP contribution in [0.25, 0.3) is 0 Å². The standard InChI is InChI=1S/C15H11BrFNO2/c1-9(19)12-4-2-10(8-18)6-15(12)20-14-5-3-11(16)7-13(14)17/h2-7,9,19H,1H3/t9-/m1/s1. The lowest BCUT2D eigenvalue weighted by Gasteiger charge is -2.14. The van der Waals surface area contributed by atoms with Gasteiger partial charge < -0.3 is 9.84 Å². The third-order valence-corrected chi connectivity index (χ3v) is 3.20. The van der Waals surface area contributed by atoms with Crippen molar-refractivity contribution in [3.05, 3.63) is 57.8 Å². The number of hydrogen-bond acceptors (Lipinski definition) is 3. The number of nitrogens with zero attached hydrogens (tertiary/aromatic N) is 1. The molecule has 0 fully saturated rings. The Balaban J connectivity index is 2.43. The van der Waals surface area contributed by atoms with Crippen LogP contribution in [0.15, 0.2) is 40.9 Å². The molecular weight excluding hydrogens is 325 g/mol. The van der Waals surface area contributed by atoms with Crippen LogP contribution in [0.2, 0.25) is 0 Å². The van der Waals surface area contributed by atoms with Crippen LogP contribution in [0.5, 0.6) is 11.5 Å². The predicted octanol–water partition coefficient (Wildman–Crippen LogP) is 4.31. The average molecular weight is 336 g/mol. The SMILES string of the molecule is C[C@@H](O)c1ccc(C#N)cc1Oc1ccc(Br)cc1F. The van der Waals surface area contributed by atoms with Gasteiger partial charge in [0.05, 0.1) is 17.7 Å². The zero-order valence-electron chi connectivity index (χ0n) is 10.6. The van der Waals surface area contributed by atoms with E-state index >= 15 is 0 Å². The van der Waals surface area contributed by atoms with Crippen LogP contribution in [0.4, 0.5) is 4.39 Å². The molecule has 0 spiro atoms. The van der Waals surface area contributed by atoms with E-state index in [4.69, 9.17) is 10.00 Å². The maximum atomic E-state index is 13.8. The molecule has 2 rings (SSSR count). The summed E-state index contributed by atoms with van der Waals surface area (Å²) < 4.78 is 19.9. The zero-order valence-corrected chi connectivity index (χ0v) is 12.2. The molecule has 1 atom stereocenters. The van der Waals surface area contributed by atoms with Crippen molar-refractivity contribution in [2.75, 3.05) is 0 Å². The Hall–Kier alpha value is -1.90. The number of hydrogen-bond donors (Lipinski definition) is 1. The van der Waals surface area contributed by atoms with Gasteiger partial charge in [0.2, 0.25) is 0 Å². The molecule has 2 aromatic rings. The van der Waals surface area contributed by atoms with E-state index in [2.05, 4.69) is 15.9 Å². The molecule has 0 aliphatic carbocycles. The molecule has 0 radical (unpaired) electrons. The fourth-order valence-corrected chi connectivity index (χ4v) is 2.05. The molecule has 2 aromatic carbocycles. The van der Waals surface area contributed by atoms with Crippen molar-refractivity contribution in [1.29, 1.82) is 5.26 Å². The lowest BCUT2D eigenvalue weighted by atomic mass is 10.1. The third-order valence-electron chi connectivity index (χ3n) is 2.71. The Labute approximate surface area is 124 Å². The fourth-order valence-electron chi connectivity index (χ4n) is 1.71. The van der Waals surface area contributed by atoms with E-state index < -0.39 is 11.9 Å². The Morgan fingerprint density at radius 3 is 2.60 bits per heavy atom. The number of nitriles is 1. The van der Waals surface area contributed by atoms with E-state index in [-0.39, 0.29) is 11.5 Å². The van der Waals surface area contributed by atoms with Gasteiger partial charge in [0.15, 0.2) is 11.6 Å². The van der Waals surface area contributed by atoms with Crippen molar-refractivity contribution in [1.82, 2.24) is 0 Å². The van der Waals surface area contributed by atoms with Crippen molar-refractivity contribution in [2.45, 2.75) is 13.0 Å². The van der Waals surface area contributed by atoms with Gasteiger partial charge in [-0.1, -0.05) is 22.0 Å². The molecule has 0 aliphatic rings. The van der Waals surface area contributed by atoms with Gasteiger partial charge in [0.1, 0.15) is 5.75 Å². The van der Waals surface area contributed by atoms with Crippen molar-refractivity contribution < 1.29 is 14.2 Å². The number of rotatable bonds is 3. The van der Waals surface area contributed by atoms with Gasteiger partial charge in [-0.15, -0.1) is 0 Å². The monoisotopic (exact) mass is 335 g/mol. The molecule has 0 saturated carbocycles. The molecule has 3 nitrogen and oxygen atoms in total. The van der Waals surface area contributed by atoms with Gasteiger partial charge in [-0.2, -0.15) is 5.26 Å². The van der Waals surface area contributed by atoms with Gasteiger partial charge in [-0.3, -0.25) is 0 Å². The maximum absolute atomic E-state index is 13.8. The number of aliphatic hydroxyl groups excluding tert-OH is 1. The first kappa shape index (κ1) is 14.5. The third kappa shape index (κ3) is 3.16. The molecule has 0 amide bonds. The van der Waals surface area contributed by atoms with E-state index in [0.717, 1.165) is 0 Å². The second kappa shape index (κ2) is 6.04. The Morgan fingerprint density at radius 2 is 2.00 bits per heavy atom. The second-order valence-electron chi connectivity index (χ2n) is 4.22. The van der Waals surface area contributed by atoms with E-state index in [1.165, 1.54) is 18.2 Å². The Morgan fingerprint density at radius 1 is 1.25 bits per heavy atom. The molecule has 0 heterocycles. The van der Waals surface area contributed by atoms with Gasteiger partial charge in [-0.05, 0) is 37.3 Å². The molecular formula is C15H11BrFNO2. The van der Waals surface area contributed by atoms with Gasteiger partial charge in [0.25, 0.3) is 0 Å². The number of benzene rings is 2. The maximum Gasteiger partial charge on any atom is 0.166 e. The normalized spacial score (nSPS) is 11.8. The van der Waals surface area contributed by atoms with Gasteiger partial charge in [-0.25, -0.2) is 4.39 Å². The van der Waals surface area contributed by atoms with Gasteiger partial charge >= 0.3 is 0 Å². The van der Waals surface area contributed by atoms with Crippen LogP contribution in [0.1, 0.15) is 24.2 Å². The quantitative estimate of drug-likeness (QED) is 0.909. The number of halogens is 2. The fraction of sp³-hybridized carbons (Fsp3) is 0.133. The number of ether oxygens (including phenoxy) is 1.